The molecule has 3 heteroatoms. The molecular weight excluding hydrogens is 271 g/mol. The molecule has 0 aliphatic rings. The van der Waals surface area contributed by atoms with Crippen molar-refractivity contribution in [1.82, 2.24) is 0 Å². The zero-order valence-corrected chi connectivity index (χ0v) is 11.9. The Labute approximate surface area is 95.5 Å². The van der Waals surface area contributed by atoms with E-state index in [0.717, 1.165) is 12.8 Å². The average molecular weight is 292 g/mol. The van der Waals surface area contributed by atoms with Crippen LogP contribution in [0.1, 0.15) is 46.5 Å². The normalized spacial score (nSPS) is 8.62. The van der Waals surface area contributed by atoms with Gasteiger partial charge in [0.25, 0.3) is 0 Å². The van der Waals surface area contributed by atoms with Gasteiger partial charge in [0.05, 0.1) is 6.61 Å². The molecule has 0 bridgehead atoms. The summed E-state index contributed by atoms with van der Waals surface area (Å²) in [4.78, 5) is 10.1. The van der Waals surface area contributed by atoms with Crippen LogP contribution in [0.5, 0.6) is 0 Å². The first-order valence-corrected chi connectivity index (χ1v) is 6.98. The third-order valence-corrected chi connectivity index (χ3v) is 2.34. The van der Waals surface area contributed by atoms with Gasteiger partial charge in [0, 0.05) is 6.92 Å². The van der Waals surface area contributed by atoms with Crippen molar-refractivity contribution < 1.29 is 9.53 Å². The second-order valence-electron chi connectivity index (χ2n) is 2.80. The Morgan fingerprint density at radius 3 is 2.00 bits per heavy atom. The second-order valence-corrected chi connectivity index (χ2v) is 4.22. The first-order valence-electron chi connectivity index (χ1n) is 4.96. The Balaban J connectivity index is 0. The molecule has 13 heavy (non-hydrogen) atoms. The number of esters is 1. The molecule has 0 rings (SSSR count). The Hall–Kier alpha value is 0.269. The fourth-order valence-electron chi connectivity index (χ4n) is 0.537. The van der Waals surface area contributed by atoms with E-state index in [4.69, 9.17) is 0 Å². The van der Waals surface area contributed by atoms with Crippen LogP contribution in [0.2, 0.25) is 4.44 Å². The summed E-state index contributed by atoms with van der Waals surface area (Å²) in [6, 6.07) is 0. The van der Waals surface area contributed by atoms with E-state index in [1.165, 1.54) is 24.2 Å². The third kappa shape index (κ3) is 24.5. The van der Waals surface area contributed by atoms with E-state index >= 15 is 0 Å². The van der Waals surface area contributed by atoms with Crippen LogP contribution in [0, 0.1) is 0 Å². The molecule has 3 radical (unpaired) electrons. The first-order chi connectivity index (χ1) is 6.18. The van der Waals surface area contributed by atoms with Gasteiger partial charge in [-0.15, -0.1) is 0 Å². The minimum atomic E-state index is -0.182. The summed E-state index contributed by atoms with van der Waals surface area (Å²) in [5, 5.41) is 0. The maximum absolute atomic E-state index is 10.1. The fraction of sp³-hybridized carbons (Fsp3) is 0.900. The van der Waals surface area contributed by atoms with E-state index in [1.807, 2.05) is 0 Å². The molecule has 0 aromatic carbocycles. The van der Waals surface area contributed by atoms with Gasteiger partial charge in [0.1, 0.15) is 0 Å². The van der Waals surface area contributed by atoms with Crippen LogP contribution in [0.25, 0.3) is 0 Å². The molecule has 2 nitrogen and oxygen atoms in total. The molecule has 0 spiro atoms. The zero-order chi connectivity index (χ0) is 10.5. The van der Waals surface area contributed by atoms with Crippen molar-refractivity contribution in [3.63, 3.8) is 0 Å². The summed E-state index contributed by atoms with van der Waals surface area (Å²) in [5.74, 6) is -0.182. The molecule has 0 aliphatic heterocycles. The molecule has 0 fully saturated rings. The van der Waals surface area contributed by atoms with Crippen molar-refractivity contribution in [2.75, 3.05) is 6.61 Å². The van der Waals surface area contributed by atoms with Gasteiger partial charge in [0.2, 0.25) is 0 Å². The van der Waals surface area contributed by atoms with Gasteiger partial charge in [-0.1, -0.05) is 13.3 Å². The van der Waals surface area contributed by atoms with E-state index in [1.54, 1.807) is 22.5 Å². The molecule has 0 aromatic heterocycles. The first kappa shape index (κ1) is 15.7. The van der Waals surface area contributed by atoms with Crippen molar-refractivity contribution in [3.05, 3.63) is 0 Å². The van der Waals surface area contributed by atoms with Gasteiger partial charge in [0.15, 0.2) is 0 Å². The van der Waals surface area contributed by atoms with Gasteiger partial charge in [-0.05, 0) is 6.42 Å². The van der Waals surface area contributed by atoms with Crippen molar-refractivity contribution in [3.8, 4) is 0 Å². The summed E-state index contributed by atoms with van der Waals surface area (Å²) in [6.07, 6.45) is 4.84. The quantitative estimate of drug-likeness (QED) is 0.442. The zero-order valence-electron chi connectivity index (χ0n) is 9.06. The van der Waals surface area contributed by atoms with Crippen molar-refractivity contribution in [2.24, 2.45) is 0 Å². The Morgan fingerprint density at radius 2 is 1.77 bits per heavy atom. The molecule has 0 heterocycles. The molecule has 0 aliphatic carbocycles. The van der Waals surface area contributed by atoms with Crippen LogP contribution in [0.15, 0.2) is 0 Å². The van der Waals surface area contributed by atoms with Gasteiger partial charge < -0.3 is 4.74 Å². The number of hydrogen-bond donors (Lipinski definition) is 0. The summed E-state index contributed by atoms with van der Waals surface area (Å²) < 4.78 is 6.08. The number of ether oxygens (including phenoxy) is 1. The molecule has 0 unspecified atom stereocenters. The van der Waals surface area contributed by atoms with Crippen molar-refractivity contribution in [1.29, 1.82) is 0 Å². The Kier molecular flexibility index (Phi) is 17.9. The second kappa shape index (κ2) is 14.8. The molecular formula is C10H21O2Sn. The predicted octanol–water partition coefficient (Wildman–Crippen LogP) is 2.72. The van der Waals surface area contributed by atoms with Gasteiger partial charge in [-0.3, -0.25) is 4.79 Å². The van der Waals surface area contributed by atoms with Crippen molar-refractivity contribution in [2.45, 2.75) is 50.9 Å². The molecule has 0 aromatic rings. The van der Waals surface area contributed by atoms with Crippen LogP contribution in [-0.2, 0) is 9.53 Å². The number of hydrogen-bond acceptors (Lipinski definition) is 2. The van der Waals surface area contributed by atoms with Gasteiger partial charge in [-0.25, -0.2) is 0 Å². The van der Waals surface area contributed by atoms with Crippen LogP contribution in [0.3, 0.4) is 0 Å². The van der Waals surface area contributed by atoms with Crippen LogP contribution < -0.4 is 0 Å². The Morgan fingerprint density at radius 1 is 1.23 bits per heavy atom. The predicted molar refractivity (Wildman–Crippen MR) is 57.0 cm³/mol. The standard InChI is InChI=1S/C6H12O2.C4H9.Sn/c1-3-4-5-8-6(2)7;1-3-4-2;/h3-5H2,1-2H3;1,3-4H2,2H3;. The summed E-state index contributed by atoms with van der Waals surface area (Å²) in [6.45, 7) is 6.29. The molecule has 0 amide bonds. The van der Waals surface area contributed by atoms with Crippen molar-refractivity contribution >= 4 is 28.5 Å². The van der Waals surface area contributed by atoms with E-state index < -0.39 is 0 Å². The summed E-state index contributed by atoms with van der Waals surface area (Å²) in [5.41, 5.74) is 0. The van der Waals surface area contributed by atoms with E-state index in [0.29, 0.717) is 6.61 Å². The Bertz CT molecular complexity index is 103. The van der Waals surface area contributed by atoms with Gasteiger partial charge in [-0.2, -0.15) is 0 Å². The van der Waals surface area contributed by atoms with E-state index in [-0.39, 0.29) is 5.97 Å². The van der Waals surface area contributed by atoms with Crippen LogP contribution in [0.4, 0.5) is 0 Å². The molecule has 0 saturated carbocycles. The summed E-state index contributed by atoms with van der Waals surface area (Å²) >= 11 is 1.68. The minimum absolute atomic E-state index is 0.182. The topological polar surface area (TPSA) is 26.3 Å². The van der Waals surface area contributed by atoms with Crippen LogP contribution >= 0.6 is 0 Å². The number of carbonyl (C=O) groups is 1. The molecule has 0 N–H and O–H groups in total. The number of carbonyl (C=O) groups excluding carboxylic acids is 1. The van der Waals surface area contributed by atoms with E-state index in [2.05, 4.69) is 18.6 Å². The number of rotatable bonds is 5. The SMILES string of the molecule is CCCCOC(C)=O.CCC[CH2][Sn]. The molecule has 77 valence electrons. The van der Waals surface area contributed by atoms with Crippen LogP contribution in [-0.4, -0.2) is 35.1 Å². The number of unbranched alkanes of at least 4 members (excludes halogenated alkanes) is 2. The molecule has 0 atom stereocenters. The summed E-state index contributed by atoms with van der Waals surface area (Å²) in [7, 11) is 0. The van der Waals surface area contributed by atoms with Gasteiger partial charge >= 0.3 is 52.7 Å². The fourth-order valence-corrected chi connectivity index (χ4v) is 1.55. The maximum atomic E-state index is 10.1. The average Bonchev–Trinajstić information content (AvgIpc) is 2.07. The molecule has 0 saturated heterocycles. The van der Waals surface area contributed by atoms with E-state index in [9.17, 15) is 4.79 Å². The third-order valence-electron chi connectivity index (χ3n) is 1.33. The monoisotopic (exact) mass is 293 g/mol.